The number of azide groups is 3. The minimum Gasteiger partial charge on any atom is -0.467 e. The maximum absolute atomic E-state index is 14.7. The minimum atomic E-state index is -2.11. The lowest BCUT2D eigenvalue weighted by Gasteiger charge is -2.51. The highest BCUT2D eigenvalue weighted by Crippen LogP contribution is 2.41. The second kappa shape index (κ2) is 40.9. The van der Waals surface area contributed by atoms with E-state index in [4.69, 9.17) is 85.3 Å². The van der Waals surface area contributed by atoms with Crippen LogP contribution >= 0.6 is 0 Å². The molecule has 0 aliphatic carbocycles. The van der Waals surface area contributed by atoms with Crippen molar-refractivity contribution in [2.45, 2.75) is 193 Å². The lowest BCUT2D eigenvalue weighted by atomic mass is 9.93. The standard InChI is InChI=1S/C75H87N9O25/c1-92-69(90)66-64(62(98-40-46-28-16-7-17-29-46)56(89)74(108-66)105-59-51(36-87)101-71(94-3)53(80-83-77)61(59)97-39-45-26-14-6-15-27-45)106-72-52(79-82-76)55(88)57(49(34-85)102-72)104-75-68(100-42-48-32-20-9-21-33-48)63(99-41-47-30-18-8-19-31-47)65(67(109-75)70(91)93-2)107-73-54(81-84-78)60(96-38-44-24-12-5-13-25-44)58(50(35-86)103-73)95-37-43-22-10-4-11-23-43/h4-33,49-68,71-75,85-89H,34-42H2,1-3H3/t49?,50?,51?,52?,53?,54?,55-,56?,57-,58+,59-,60+,61+,62-,63-,64-,65+,66?,67?,68?,71+,72+,73-,74-,75-/m1/s1. The van der Waals surface area contributed by atoms with Gasteiger partial charge in [-0.25, -0.2) is 9.59 Å². The number of aliphatic hydroxyl groups excluding tert-OH is 5. The number of methoxy groups -OCH3 is 3. The molecule has 10 unspecified atom stereocenters. The molecule has 5 saturated heterocycles. The molecule has 6 aromatic rings. The number of hydrogen-bond acceptors (Lipinski definition) is 28. The molecule has 5 N–H and O–H groups in total. The summed E-state index contributed by atoms with van der Waals surface area (Å²) >= 11 is 0. The van der Waals surface area contributed by atoms with Crippen molar-refractivity contribution in [3.8, 4) is 0 Å². The number of hydrogen-bond donors (Lipinski definition) is 5. The predicted octanol–water partition coefficient (Wildman–Crippen LogP) is 6.39. The molecule has 25 atom stereocenters. The van der Waals surface area contributed by atoms with Gasteiger partial charge in [0.05, 0.1) is 79.8 Å². The number of ether oxygens (including phenoxy) is 18. The Bertz CT molecular complexity index is 3910. The van der Waals surface area contributed by atoms with Crippen molar-refractivity contribution in [1.82, 2.24) is 0 Å². The third-order valence-corrected chi connectivity index (χ3v) is 19.0. The molecule has 5 aliphatic rings. The first-order valence-electron chi connectivity index (χ1n) is 35.2. The Morgan fingerprint density at radius 3 is 1.05 bits per heavy atom. The molecule has 0 spiro atoms. The average molecular weight is 1510 g/mol. The van der Waals surface area contributed by atoms with E-state index >= 15 is 0 Å². The van der Waals surface area contributed by atoms with E-state index in [0.717, 1.165) is 25.3 Å². The monoisotopic (exact) mass is 1510 g/mol. The maximum Gasteiger partial charge on any atom is 0.337 e. The molecule has 5 aliphatic heterocycles. The first kappa shape index (κ1) is 81.3. The SMILES string of the molecule is COC(=O)C1O[C@@H](O[C@@H]2C(CO)O[C@@H](O[C@H]3C(C(=O)OC)O[C@@H](O[C@@H]4C(CO)O[C@H](OC)C(N=[N+]=[N-])[C@@H]4OCc4ccccc4)C(O)[C@H]3OCc3ccccc3)C(N=[N+]=[N-])[C@H]2O)C(OCc2ccccc2)[C@H](OCc2ccccc2)[C@@H]1O[C@H]1OC(CO)[C@H](OCc2ccccc2)[C@@H](OCc2ccccc2)C1N=[N+]=[N-]. The van der Waals surface area contributed by atoms with Gasteiger partial charge in [-0.3, -0.25) is 0 Å². The smallest absolute Gasteiger partial charge is 0.337 e. The number of rotatable bonds is 35. The number of esters is 2. The lowest BCUT2D eigenvalue weighted by molar-refractivity contribution is -0.382. The van der Waals surface area contributed by atoms with Gasteiger partial charge in [-0.1, -0.05) is 197 Å². The topological polar surface area (TPSA) is 448 Å². The van der Waals surface area contributed by atoms with E-state index < -0.39 is 185 Å². The molecule has 34 heteroatoms. The van der Waals surface area contributed by atoms with Gasteiger partial charge >= 0.3 is 11.9 Å². The van der Waals surface area contributed by atoms with Crippen LogP contribution in [0.3, 0.4) is 0 Å². The van der Waals surface area contributed by atoms with Crippen LogP contribution in [0.4, 0.5) is 0 Å². The fraction of sp³-hybridized carbons (Fsp3) is 0.493. The second-order valence-corrected chi connectivity index (χ2v) is 25.8. The largest absolute Gasteiger partial charge is 0.467 e. The first-order valence-corrected chi connectivity index (χ1v) is 35.2. The molecule has 11 rings (SSSR count). The summed E-state index contributed by atoms with van der Waals surface area (Å²) in [7, 11) is 3.40. The average Bonchev–Trinajstić information content (AvgIpc) is 0.761. The number of benzene rings is 6. The van der Waals surface area contributed by atoms with Gasteiger partial charge in [0.1, 0.15) is 104 Å². The molecule has 582 valence electrons. The Kier molecular flexibility index (Phi) is 30.5. The van der Waals surface area contributed by atoms with Crippen molar-refractivity contribution >= 4 is 11.9 Å². The summed E-state index contributed by atoms with van der Waals surface area (Å²) in [6.07, 6.45) is -36.6. The van der Waals surface area contributed by atoms with E-state index in [1.807, 2.05) is 60.7 Å². The quantitative estimate of drug-likeness (QED) is 0.0124. The van der Waals surface area contributed by atoms with Crippen molar-refractivity contribution in [1.29, 1.82) is 0 Å². The van der Waals surface area contributed by atoms with Crippen molar-refractivity contribution in [2.24, 2.45) is 15.3 Å². The molecule has 0 radical (unpaired) electrons. The zero-order valence-corrected chi connectivity index (χ0v) is 59.5. The van der Waals surface area contributed by atoms with E-state index in [-0.39, 0.29) is 39.6 Å². The summed E-state index contributed by atoms with van der Waals surface area (Å²) < 4.78 is 115. The van der Waals surface area contributed by atoms with Gasteiger partial charge in [-0.15, -0.1) is 0 Å². The van der Waals surface area contributed by atoms with Crippen LogP contribution in [0.2, 0.25) is 0 Å². The van der Waals surface area contributed by atoms with Gasteiger partial charge in [0, 0.05) is 21.8 Å². The Labute approximate surface area is 626 Å². The minimum absolute atomic E-state index is 0.00805. The van der Waals surface area contributed by atoms with Crippen LogP contribution in [0, 0.1) is 0 Å². The number of carbonyl (C=O) groups is 2. The molecule has 5 heterocycles. The van der Waals surface area contributed by atoms with Gasteiger partial charge in [0.2, 0.25) is 0 Å². The summed E-state index contributed by atoms with van der Waals surface area (Å²) in [6.45, 7) is -3.29. The molecule has 5 fully saturated rings. The van der Waals surface area contributed by atoms with Gasteiger partial charge in [-0.05, 0) is 50.0 Å². The fourth-order valence-corrected chi connectivity index (χ4v) is 13.6. The van der Waals surface area contributed by atoms with Crippen LogP contribution in [0.25, 0.3) is 31.3 Å². The highest BCUT2D eigenvalue weighted by atomic mass is 16.8. The van der Waals surface area contributed by atoms with E-state index in [0.29, 0.717) is 22.3 Å². The van der Waals surface area contributed by atoms with E-state index in [1.165, 1.54) is 7.11 Å². The van der Waals surface area contributed by atoms with E-state index in [9.17, 15) is 51.7 Å². The lowest BCUT2D eigenvalue weighted by Crippen LogP contribution is -2.69. The molecule has 6 aromatic carbocycles. The number of carbonyl (C=O) groups excluding carboxylic acids is 2. The van der Waals surface area contributed by atoms with Crippen molar-refractivity contribution < 1.29 is 120 Å². The molecular weight excluding hydrogens is 1430 g/mol. The Hall–Kier alpha value is -8.65. The van der Waals surface area contributed by atoms with Gasteiger partial charge in [0.25, 0.3) is 0 Å². The molecular formula is C75H87N9O25. The van der Waals surface area contributed by atoms with Crippen LogP contribution in [-0.4, -0.2) is 232 Å². The highest BCUT2D eigenvalue weighted by molar-refractivity contribution is 5.76. The molecule has 109 heavy (non-hydrogen) atoms. The maximum atomic E-state index is 14.7. The first-order chi connectivity index (χ1) is 53.3. The molecule has 0 aromatic heterocycles. The summed E-state index contributed by atoms with van der Waals surface area (Å²) in [4.78, 5) is 38.3. The van der Waals surface area contributed by atoms with Crippen LogP contribution in [0.5, 0.6) is 0 Å². The van der Waals surface area contributed by atoms with Gasteiger partial charge in [-0.2, -0.15) is 0 Å². The normalized spacial score (nSPS) is 32.4. The molecule has 34 nitrogen and oxygen atoms in total. The zero-order valence-electron chi connectivity index (χ0n) is 59.5. The van der Waals surface area contributed by atoms with E-state index in [2.05, 4.69) is 30.1 Å². The molecule has 0 amide bonds. The van der Waals surface area contributed by atoms with Crippen LogP contribution in [0.1, 0.15) is 33.4 Å². The summed E-state index contributed by atoms with van der Waals surface area (Å²) in [6, 6.07) is 48.8. The third kappa shape index (κ3) is 20.5. The number of aliphatic hydroxyl groups is 5. The van der Waals surface area contributed by atoms with Crippen LogP contribution in [0.15, 0.2) is 197 Å². The molecule has 0 bridgehead atoms. The zero-order chi connectivity index (χ0) is 76.6. The van der Waals surface area contributed by atoms with Crippen molar-refractivity contribution in [2.75, 3.05) is 41.2 Å². The van der Waals surface area contributed by atoms with Gasteiger partial charge < -0.3 is 111 Å². The summed E-state index contributed by atoms with van der Waals surface area (Å²) in [5.41, 5.74) is 34.6. The Balaban J connectivity index is 0.927. The van der Waals surface area contributed by atoms with Crippen LogP contribution in [-0.2, 0) is 134 Å². The predicted molar refractivity (Wildman–Crippen MR) is 376 cm³/mol. The van der Waals surface area contributed by atoms with Crippen LogP contribution < -0.4 is 0 Å². The molecule has 0 saturated carbocycles. The summed E-state index contributed by atoms with van der Waals surface area (Å²) in [5, 5.41) is 71.2. The third-order valence-electron chi connectivity index (χ3n) is 19.0. The number of nitrogens with zero attached hydrogens (tertiary/aromatic N) is 9. The second-order valence-electron chi connectivity index (χ2n) is 25.8. The van der Waals surface area contributed by atoms with Crippen molar-refractivity contribution in [3.05, 3.63) is 247 Å². The van der Waals surface area contributed by atoms with Gasteiger partial charge in [0.15, 0.2) is 43.7 Å². The fourth-order valence-electron chi connectivity index (χ4n) is 13.6. The van der Waals surface area contributed by atoms with Crippen molar-refractivity contribution in [3.63, 3.8) is 0 Å². The van der Waals surface area contributed by atoms with E-state index in [1.54, 1.807) is 121 Å². The highest BCUT2D eigenvalue weighted by Gasteiger charge is 2.60. The Morgan fingerprint density at radius 1 is 0.339 bits per heavy atom. The summed E-state index contributed by atoms with van der Waals surface area (Å²) in [5.74, 6) is -2.24. The Morgan fingerprint density at radius 2 is 0.642 bits per heavy atom.